The van der Waals surface area contributed by atoms with Gasteiger partial charge in [0.25, 0.3) is 0 Å². The summed E-state index contributed by atoms with van der Waals surface area (Å²) < 4.78 is 15.2. The second-order valence-corrected chi connectivity index (χ2v) is 4.15. The van der Waals surface area contributed by atoms with Gasteiger partial charge in [-0.15, -0.1) is 5.10 Å². The first-order chi connectivity index (χ1) is 8.08. The summed E-state index contributed by atoms with van der Waals surface area (Å²) in [6.07, 6.45) is 0.891. The molecule has 0 aliphatic rings. The molecule has 1 N–H and O–H groups in total. The third kappa shape index (κ3) is 2.62. The summed E-state index contributed by atoms with van der Waals surface area (Å²) in [4.78, 5) is 0. The fourth-order valence-electron chi connectivity index (χ4n) is 1.57. The molecule has 2 rings (SSSR count). The van der Waals surface area contributed by atoms with Crippen molar-refractivity contribution < 1.29 is 9.50 Å². The second kappa shape index (κ2) is 4.81. The summed E-state index contributed by atoms with van der Waals surface area (Å²) in [6, 6.07) is 4.54. The van der Waals surface area contributed by atoms with Gasteiger partial charge in [0.1, 0.15) is 5.82 Å². The highest BCUT2D eigenvalue weighted by atomic mass is 35.5. The molecule has 0 saturated heterocycles. The maximum absolute atomic E-state index is 13.6. The standard InChI is InChI=1S/C11H11ClFN3O/c1-16-6-7(14-15-16)5-10(17)8-3-2-4-9(12)11(8)13/h2-4,6,10,17H,5H2,1H3. The molecule has 6 heteroatoms. The lowest BCUT2D eigenvalue weighted by atomic mass is 10.0. The fraction of sp³-hybridized carbons (Fsp3) is 0.273. The van der Waals surface area contributed by atoms with E-state index in [1.807, 2.05) is 0 Å². The topological polar surface area (TPSA) is 50.9 Å². The van der Waals surface area contributed by atoms with Crippen LogP contribution in [0, 0.1) is 5.82 Å². The third-order valence-corrected chi connectivity index (χ3v) is 2.68. The molecule has 0 fully saturated rings. The minimum atomic E-state index is -0.981. The van der Waals surface area contributed by atoms with Crippen molar-refractivity contribution in [3.63, 3.8) is 0 Å². The van der Waals surface area contributed by atoms with Crippen LogP contribution in [0.3, 0.4) is 0 Å². The minimum Gasteiger partial charge on any atom is -0.388 e. The lowest BCUT2D eigenvalue weighted by Crippen LogP contribution is -2.05. The van der Waals surface area contributed by atoms with Crippen molar-refractivity contribution in [3.05, 3.63) is 46.5 Å². The first-order valence-electron chi connectivity index (χ1n) is 5.05. The van der Waals surface area contributed by atoms with E-state index in [-0.39, 0.29) is 17.0 Å². The number of aliphatic hydroxyl groups is 1. The quantitative estimate of drug-likeness (QED) is 0.911. The molecule has 1 atom stereocenters. The molecule has 0 bridgehead atoms. The van der Waals surface area contributed by atoms with Crippen LogP contribution in [0.2, 0.25) is 5.02 Å². The van der Waals surface area contributed by atoms with Gasteiger partial charge in [-0.3, -0.25) is 4.68 Å². The number of aryl methyl sites for hydroxylation is 1. The van der Waals surface area contributed by atoms with Gasteiger partial charge in [-0.25, -0.2) is 4.39 Å². The zero-order chi connectivity index (χ0) is 12.4. The molecule has 0 aliphatic carbocycles. The smallest absolute Gasteiger partial charge is 0.147 e. The van der Waals surface area contributed by atoms with Gasteiger partial charge in [-0.1, -0.05) is 28.9 Å². The Hall–Kier alpha value is -1.46. The van der Waals surface area contributed by atoms with E-state index in [9.17, 15) is 9.50 Å². The predicted octanol–water partition coefficient (Wildman–Crippen LogP) is 1.88. The first-order valence-corrected chi connectivity index (χ1v) is 5.43. The Bertz CT molecular complexity index is 529. The Kier molecular flexibility index (Phi) is 3.40. The number of hydrogen-bond donors (Lipinski definition) is 1. The summed E-state index contributed by atoms with van der Waals surface area (Å²) in [6.45, 7) is 0. The number of nitrogens with zero attached hydrogens (tertiary/aromatic N) is 3. The number of hydrogen-bond acceptors (Lipinski definition) is 3. The monoisotopic (exact) mass is 255 g/mol. The number of halogens is 2. The van der Waals surface area contributed by atoms with Crippen molar-refractivity contribution in [3.8, 4) is 0 Å². The zero-order valence-electron chi connectivity index (χ0n) is 9.14. The van der Waals surface area contributed by atoms with Gasteiger partial charge in [0.2, 0.25) is 0 Å². The van der Waals surface area contributed by atoms with E-state index < -0.39 is 11.9 Å². The first kappa shape index (κ1) is 12.0. The molecule has 4 nitrogen and oxygen atoms in total. The largest absolute Gasteiger partial charge is 0.388 e. The van der Waals surface area contributed by atoms with Crippen LogP contribution < -0.4 is 0 Å². The number of aliphatic hydroxyl groups excluding tert-OH is 1. The van der Waals surface area contributed by atoms with E-state index in [0.717, 1.165) is 0 Å². The van der Waals surface area contributed by atoms with Crippen molar-refractivity contribution in [1.82, 2.24) is 15.0 Å². The molecule has 1 aromatic carbocycles. The Morgan fingerprint density at radius 3 is 2.94 bits per heavy atom. The van der Waals surface area contributed by atoms with Gasteiger partial charge in [0, 0.05) is 25.2 Å². The second-order valence-electron chi connectivity index (χ2n) is 3.75. The van der Waals surface area contributed by atoms with Gasteiger partial charge >= 0.3 is 0 Å². The number of aromatic nitrogens is 3. The third-order valence-electron chi connectivity index (χ3n) is 2.39. The SMILES string of the molecule is Cn1cc(CC(O)c2cccc(Cl)c2F)nn1. The molecule has 0 saturated carbocycles. The molecule has 0 spiro atoms. The van der Waals surface area contributed by atoms with Gasteiger partial charge in [-0.05, 0) is 6.07 Å². The van der Waals surface area contributed by atoms with E-state index in [1.165, 1.54) is 16.8 Å². The lowest BCUT2D eigenvalue weighted by molar-refractivity contribution is 0.172. The summed E-state index contributed by atoms with van der Waals surface area (Å²) in [7, 11) is 1.73. The van der Waals surface area contributed by atoms with Crippen LogP contribution in [0.15, 0.2) is 24.4 Å². The van der Waals surface area contributed by atoms with E-state index in [2.05, 4.69) is 10.3 Å². The normalized spacial score (nSPS) is 12.7. The van der Waals surface area contributed by atoms with Crippen LogP contribution in [0.25, 0.3) is 0 Å². The summed E-state index contributed by atoms with van der Waals surface area (Å²) in [5, 5.41) is 17.5. The van der Waals surface area contributed by atoms with Crippen molar-refractivity contribution in [1.29, 1.82) is 0 Å². The van der Waals surface area contributed by atoms with Crippen LogP contribution in [-0.4, -0.2) is 20.1 Å². The highest BCUT2D eigenvalue weighted by molar-refractivity contribution is 6.30. The maximum Gasteiger partial charge on any atom is 0.147 e. The lowest BCUT2D eigenvalue weighted by Gasteiger charge is -2.10. The predicted molar refractivity (Wildman–Crippen MR) is 61.1 cm³/mol. The molecule has 17 heavy (non-hydrogen) atoms. The van der Waals surface area contributed by atoms with E-state index in [4.69, 9.17) is 11.6 Å². The highest BCUT2D eigenvalue weighted by Gasteiger charge is 2.16. The number of benzene rings is 1. The highest BCUT2D eigenvalue weighted by Crippen LogP contribution is 2.25. The van der Waals surface area contributed by atoms with Crippen LogP contribution in [0.1, 0.15) is 17.4 Å². The van der Waals surface area contributed by atoms with Gasteiger partial charge in [0.15, 0.2) is 0 Å². The van der Waals surface area contributed by atoms with E-state index in [0.29, 0.717) is 5.69 Å². The average Bonchev–Trinajstić information content (AvgIpc) is 2.68. The van der Waals surface area contributed by atoms with Crippen LogP contribution in [-0.2, 0) is 13.5 Å². The van der Waals surface area contributed by atoms with Gasteiger partial charge in [0.05, 0.1) is 16.8 Å². The average molecular weight is 256 g/mol. The Labute approximate surface area is 103 Å². The molecule has 90 valence electrons. The van der Waals surface area contributed by atoms with E-state index in [1.54, 1.807) is 19.3 Å². The van der Waals surface area contributed by atoms with Crippen molar-refractivity contribution in [2.75, 3.05) is 0 Å². The summed E-state index contributed by atoms with van der Waals surface area (Å²) in [5.41, 5.74) is 0.766. The molecule has 2 aromatic rings. The summed E-state index contributed by atoms with van der Waals surface area (Å²) >= 11 is 5.65. The molecule has 1 heterocycles. The van der Waals surface area contributed by atoms with Crippen molar-refractivity contribution >= 4 is 11.6 Å². The Balaban J connectivity index is 2.20. The van der Waals surface area contributed by atoms with Crippen LogP contribution >= 0.6 is 11.6 Å². The van der Waals surface area contributed by atoms with E-state index >= 15 is 0 Å². The molecule has 1 aromatic heterocycles. The maximum atomic E-state index is 13.6. The van der Waals surface area contributed by atoms with Crippen molar-refractivity contribution in [2.24, 2.45) is 7.05 Å². The fourth-order valence-corrected chi connectivity index (χ4v) is 1.76. The number of rotatable bonds is 3. The minimum absolute atomic E-state index is 0.000644. The zero-order valence-corrected chi connectivity index (χ0v) is 9.89. The Morgan fingerprint density at radius 2 is 2.29 bits per heavy atom. The van der Waals surface area contributed by atoms with Crippen LogP contribution in [0.5, 0.6) is 0 Å². The van der Waals surface area contributed by atoms with Crippen molar-refractivity contribution in [2.45, 2.75) is 12.5 Å². The molecule has 1 unspecified atom stereocenters. The molecule has 0 radical (unpaired) electrons. The molecule has 0 aliphatic heterocycles. The molecule has 0 amide bonds. The van der Waals surface area contributed by atoms with Gasteiger partial charge in [-0.2, -0.15) is 0 Å². The molecular weight excluding hydrogens is 245 g/mol. The summed E-state index contributed by atoms with van der Waals surface area (Å²) in [5.74, 6) is -0.592. The van der Waals surface area contributed by atoms with Gasteiger partial charge < -0.3 is 5.11 Å². The Morgan fingerprint density at radius 1 is 1.53 bits per heavy atom. The van der Waals surface area contributed by atoms with Crippen LogP contribution in [0.4, 0.5) is 4.39 Å². The molecular formula is C11H11ClFN3O.